The van der Waals surface area contributed by atoms with Gasteiger partial charge in [0, 0.05) is 28.7 Å². The van der Waals surface area contributed by atoms with E-state index in [2.05, 4.69) is 4.98 Å². The molecular weight excluding hydrogens is 345 g/mol. The molecule has 3 atom stereocenters. The molecular formula is C16H16ClF3N2O2. The maximum absolute atomic E-state index is 12.9. The third-order valence-electron chi connectivity index (χ3n) is 4.49. The Kier molecular flexibility index (Phi) is 4.25. The summed E-state index contributed by atoms with van der Waals surface area (Å²) in [6, 6.07) is 4.92. The van der Waals surface area contributed by atoms with Crippen molar-refractivity contribution in [2.45, 2.75) is 44.1 Å². The Bertz CT molecular complexity index is 821. The van der Waals surface area contributed by atoms with Gasteiger partial charge in [0.25, 0.3) is 0 Å². The molecule has 2 aromatic rings. The Balaban J connectivity index is 2.05. The van der Waals surface area contributed by atoms with Crippen molar-refractivity contribution in [2.75, 3.05) is 4.90 Å². The van der Waals surface area contributed by atoms with Gasteiger partial charge in [-0.3, -0.25) is 4.79 Å². The summed E-state index contributed by atoms with van der Waals surface area (Å²) in [5, 5.41) is 10.5. The Morgan fingerprint density at radius 1 is 1.33 bits per heavy atom. The molecule has 1 saturated heterocycles. The first-order valence-electron chi connectivity index (χ1n) is 7.54. The smallest absolute Gasteiger partial charge is 0.382 e. The molecule has 3 rings (SSSR count). The summed E-state index contributed by atoms with van der Waals surface area (Å²) in [6.45, 7) is 1.82. The summed E-state index contributed by atoms with van der Waals surface area (Å²) in [5.74, 6) is 0. The fraction of sp³-hybridized carbons (Fsp3) is 0.438. The normalized spacial score (nSPS) is 23.0. The van der Waals surface area contributed by atoms with E-state index >= 15 is 0 Å². The predicted molar refractivity (Wildman–Crippen MR) is 86.6 cm³/mol. The molecule has 2 heterocycles. The highest BCUT2D eigenvalue weighted by Gasteiger charge is 2.48. The van der Waals surface area contributed by atoms with Gasteiger partial charge in [-0.15, -0.1) is 0 Å². The zero-order valence-electron chi connectivity index (χ0n) is 12.8. The lowest BCUT2D eigenvalue weighted by Gasteiger charge is -2.34. The molecule has 4 nitrogen and oxygen atoms in total. The number of pyridine rings is 1. The first kappa shape index (κ1) is 17.1. The molecule has 0 aliphatic carbocycles. The van der Waals surface area contributed by atoms with E-state index in [0.29, 0.717) is 23.0 Å². The number of aliphatic hydroxyl groups excluding tert-OH is 1. The third kappa shape index (κ3) is 2.98. The average Bonchev–Trinajstić information content (AvgIpc) is 2.86. The van der Waals surface area contributed by atoms with Gasteiger partial charge in [-0.05, 0) is 38.0 Å². The second-order valence-electron chi connectivity index (χ2n) is 6.10. The molecule has 0 amide bonds. The molecule has 1 aliphatic heterocycles. The molecule has 24 heavy (non-hydrogen) atoms. The minimum atomic E-state index is -4.67. The summed E-state index contributed by atoms with van der Waals surface area (Å²) in [5.41, 5.74) is 0.700. The van der Waals surface area contributed by atoms with Gasteiger partial charge in [0.15, 0.2) is 6.10 Å². The summed E-state index contributed by atoms with van der Waals surface area (Å²) in [7, 11) is 0. The largest absolute Gasteiger partial charge is 0.416 e. The highest BCUT2D eigenvalue weighted by atomic mass is 35.5. The van der Waals surface area contributed by atoms with E-state index in [-0.39, 0.29) is 23.0 Å². The number of anilines is 1. The fourth-order valence-electron chi connectivity index (χ4n) is 3.35. The summed E-state index contributed by atoms with van der Waals surface area (Å²) in [4.78, 5) is 15.7. The number of halogens is 4. The van der Waals surface area contributed by atoms with Crippen molar-refractivity contribution in [1.82, 2.24) is 4.98 Å². The van der Waals surface area contributed by atoms with Gasteiger partial charge in [0.1, 0.15) is 0 Å². The maximum Gasteiger partial charge on any atom is 0.416 e. The van der Waals surface area contributed by atoms with Crippen molar-refractivity contribution in [3.8, 4) is 0 Å². The van der Waals surface area contributed by atoms with E-state index in [9.17, 15) is 23.1 Å². The zero-order chi connectivity index (χ0) is 17.6. The van der Waals surface area contributed by atoms with Crippen molar-refractivity contribution in [3.63, 3.8) is 0 Å². The number of fused-ring (bicyclic) bond motifs is 1. The summed E-state index contributed by atoms with van der Waals surface area (Å²) >= 11 is 6.08. The highest BCUT2D eigenvalue weighted by molar-refractivity contribution is 6.35. The number of nitrogens with one attached hydrogen (secondary N) is 1. The van der Waals surface area contributed by atoms with Crippen molar-refractivity contribution in [1.29, 1.82) is 0 Å². The molecule has 1 aromatic carbocycles. The molecule has 1 fully saturated rings. The third-order valence-corrected chi connectivity index (χ3v) is 4.80. The van der Waals surface area contributed by atoms with E-state index in [1.165, 1.54) is 6.07 Å². The van der Waals surface area contributed by atoms with E-state index in [0.717, 1.165) is 0 Å². The van der Waals surface area contributed by atoms with Crippen molar-refractivity contribution in [2.24, 2.45) is 0 Å². The van der Waals surface area contributed by atoms with E-state index in [1.807, 2.05) is 6.92 Å². The monoisotopic (exact) mass is 360 g/mol. The van der Waals surface area contributed by atoms with Crippen LogP contribution in [0.4, 0.5) is 18.9 Å². The lowest BCUT2D eigenvalue weighted by atomic mass is 10.1. The number of aromatic amines is 1. The Labute approximate surface area is 140 Å². The SMILES string of the molecule is CC1CCC(C(O)C(F)(F)F)N1c1ccc2[nH]c(=O)cc(Cl)c2c1. The first-order chi connectivity index (χ1) is 11.2. The van der Waals surface area contributed by atoms with E-state index < -0.39 is 18.3 Å². The molecule has 2 N–H and O–H groups in total. The van der Waals surface area contributed by atoms with Crippen LogP contribution in [0.1, 0.15) is 19.8 Å². The Hall–Kier alpha value is -1.73. The number of H-pyrrole nitrogens is 1. The topological polar surface area (TPSA) is 56.3 Å². The predicted octanol–water partition coefficient (Wildman–Crippen LogP) is 3.46. The lowest BCUT2D eigenvalue weighted by Crippen LogP contribution is -2.48. The number of hydrogen-bond acceptors (Lipinski definition) is 3. The van der Waals surface area contributed by atoms with Crippen LogP contribution in [0.25, 0.3) is 10.9 Å². The van der Waals surface area contributed by atoms with Gasteiger partial charge in [0.2, 0.25) is 5.56 Å². The second kappa shape index (κ2) is 5.97. The molecule has 130 valence electrons. The van der Waals surface area contributed by atoms with Crippen LogP contribution in [-0.4, -0.2) is 34.5 Å². The van der Waals surface area contributed by atoms with Crippen molar-refractivity contribution < 1.29 is 18.3 Å². The van der Waals surface area contributed by atoms with Crippen LogP contribution in [0.2, 0.25) is 5.02 Å². The molecule has 0 saturated carbocycles. The number of rotatable bonds is 2. The number of benzene rings is 1. The highest BCUT2D eigenvalue weighted by Crippen LogP contribution is 2.38. The number of aliphatic hydroxyl groups is 1. The van der Waals surface area contributed by atoms with Crippen molar-refractivity contribution >= 4 is 28.2 Å². The van der Waals surface area contributed by atoms with Crippen LogP contribution in [-0.2, 0) is 0 Å². The number of alkyl halides is 3. The Morgan fingerprint density at radius 3 is 2.71 bits per heavy atom. The zero-order valence-corrected chi connectivity index (χ0v) is 13.5. The van der Waals surface area contributed by atoms with E-state index in [4.69, 9.17) is 11.6 Å². The van der Waals surface area contributed by atoms with Gasteiger partial charge < -0.3 is 15.0 Å². The van der Waals surface area contributed by atoms with Gasteiger partial charge in [-0.1, -0.05) is 11.6 Å². The summed E-state index contributed by atoms with van der Waals surface area (Å²) in [6.07, 6.45) is -6.29. The Morgan fingerprint density at radius 2 is 2.04 bits per heavy atom. The summed E-state index contributed by atoms with van der Waals surface area (Å²) < 4.78 is 38.8. The van der Waals surface area contributed by atoms with Crippen LogP contribution in [0.15, 0.2) is 29.1 Å². The van der Waals surface area contributed by atoms with Gasteiger partial charge in [0.05, 0.1) is 11.1 Å². The molecule has 3 unspecified atom stereocenters. The van der Waals surface area contributed by atoms with Crippen LogP contribution in [0.3, 0.4) is 0 Å². The van der Waals surface area contributed by atoms with Crippen LogP contribution in [0, 0.1) is 0 Å². The second-order valence-corrected chi connectivity index (χ2v) is 6.51. The number of hydrogen-bond donors (Lipinski definition) is 2. The fourth-order valence-corrected chi connectivity index (χ4v) is 3.61. The first-order valence-corrected chi connectivity index (χ1v) is 7.92. The van der Waals surface area contributed by atoms with E-state index in [1.54, 1.807) is 23.1 Å². The van der Waals surface area contributed by atoms with Gasteiger partial charge in [-0.25, -0.2) is 0 Å². The van der Waals surface area contributed by atoms with Crippen LogP contribution in [0.5, 0.6) is 0 Å². The minimum Gasteiger partial charge on any atom is -0.382 e. The maximum atomic E-state index is 12.9. The molecule has 8 heteroatoms. The molecule has 0 radical (unpaired) electrons. The quantitative estimate of drug-likeness (QED) is 0.862. The van der Waals surface area contributed by atoms with Crippen molar-refractivity contribution in [3.05, 3.63) is 39.6 Å². The molecule has 1 aliphatic rings. The standard InChI is InChI=1S/C16H16ClF3N2O2/c1-8-2-5-13(15(24)16(18,19)20)22(8)9-3-4-12-10(6-9)11(17)7-14(23)21-12/h3-4,6-8,13,15,24H,2,5H2,1H3,(H,21,23). The molecule has 1 aromatic heterocycles. The minimum absolute atomic E-state index is 0.147. The average molecular weight is 361 g/mol. The lowest BCUT2D eigenvalue weighted by molar-refractivity contribution is -0.209. The molecule has 0 spiro atoms. The van der Waals surface area contributed by atoms with Crippen LogP contribution < -0.4 is 10.5 Å². The number of aromatic nitrogens is 1. The molecule has 0 bridgehead atoms. The van der Waals surface area contributed by atoms with Gasteiger partial charge >= 0.3 is 6.18 Å². The van der Waals surface area contributed by atoms with Gasteiger partial charge in [-0.2, -0.15) is 13.2 Å². The number of nitrogens with zero attached hydrogens (tertiary/aromatic N) is 1. The van der Waals surface area contributed by atoms with Crippen LogP contribution >= 0.6 is 11.6 Å².